The van der Waals surface area contributed by atoms with E-state index in [9.17, 15) is 0 Å². The van der Waals surface area contributed by atoms with Gasteiger partial charge in [-0.25, -0.2) is 0 Å². The zero-order valence-electron chi connectivity index (χ0n) is 11.0. The van der Waals surface area contributed by atoms with Crippen LogP contribution in [0.1, 0.15) is 21.6 Å². The van der Waals surface area contributed by atoms with Gasteiger partial charge in [0.05, 0.1) is 0 Å². The summed E-state index contributed by atoms with van der Waals surface area (Å²) in [6.07, 6.45) is 2.42. The summed E-state index contributed by atoms with van der Waals surface area (Å²) in [5.74, 6) is 0.734. The molecule has 0 saturated carbocycles. The summed E-state index contributed by atoms with van der Waals surface area (Å²) < 4.78 is 0. The Bertz CT molecular complexity index is 542. The van der Waals surface area contributed by atoms with E-state index < -0.39 is 0 Å². The van der Waals surface area contributed by atoms with Gasteiger partial charge in [0, 0.05) is 17.1 Å². The quantitative estimate of drug-likeness (QED) is 0.850. The molecule has 0 aliphatic carbocycles. The van der Waals surface area contributed by atoms with Gasteiger partial charge < -0.3 is 5.32 Å². The number of thiophene rings is 1. The van der Waals surface area contributed by atoms with Crippen LogP contribution >= 0.6 is 11.3 Å². The highest BCUT2D eigenvalue weighted by Gasteiger charge is 2.19. The standard InChI is InChI=1S/C16H19NS/c1-11-6-14-8-13(9-15-4-3-5-18-15)10-17-16(14)7-12(11)2/h3-7,13,17H,8-10H2,1-2H3. The van der Waals surface area contributed by atoms with Crippen LogP contribution in [0.4, 0.5) is 5.69 Å². The average molecular weight is 257 g/mol. The van der Waals surface area contributed by atoms with Gasteiger partial charge in [-0.15, -0.1) is 11.3 Å². The zero-order chi connectivity index (χ0) is 12.5. The van der Waals surface area contributed by atoms with Crippen LogP contribution in [0, 0.1) is 19.8 Å². The second-order valence-corrected chi connectivity index (χ2v) is 6.36. The highest BCUT2D eigenvalue weighted by Crippen LogP contribution is 2.29. The van der Waals surface area contributed by atoms with Crippen molar-refractivity contribution in [3.63, 3.8) is 0 Å². The van der Waals surface area contributed by atoms with E-state index in [1.165, 1.54) is 40.1 Å². The van der Waals surface area contributed by atoms with Crippen molar-refractivity contribution in [3.8, 4) is 0 Å². The Labute approximate surface area is 113 Å². The van der Waals surface area contributed by atoms with E-state index in [-0.39, 0.29) is 0 Å². The number of benzene rings is 1. The number of hydrogen-bond donors (Lipinski definition) is 1. The van der Waals surface area contributed by atoms with E-state index >= 15 is 0 Å². The molecule has 2 heteroatoms. The van der Waals surface area contributed by atoms with Crippen molar-refractivity contribution in [2.45, 2.75) is 26.7 Å². The third-order valence-electron chi connectivity index (χ3n) is 3.88. The topological polar surface area (TPSA) is 12.0 Å². The highest BCUT2D eigenvalue weighted by atomic mass is 32.1. The largest absolute Gasteiger partial charge is 0.385 e. The van der Waals surface area contributed by atoms with E-state index in [2.05, 4.69) is 48.8 Å². The van der Waals surface area contributed by atoms with Gasteiger partial charge in [-0.1, -0.05) is 12.1 Å². The molecule has 2 heterocycles. The number of fused-ring (bicyclic) bond motifs is 1. The fourth-order valence-corrected chi connectivity index (χ4v) is 3.53. The molecule has 0 spiro atoms. The van der Waals surface area contributed by atoms with Crippen molar-refractivity contribution in [1.29, 1.82) is 0 Å². The predicted molar refractivity (Wildman–Crippen MR) is 79.6 cm³/mol. The Morgan fingerprint density at radius 2 is 2.11 bits per heavy atom. The molecule has 1 nitrogen and oxygen atoms in total. The molecule has 0 saturated heterocycles. The van der Waals surface area contributed by atoms with Gasteiger partial charge in [-0.2, -0.15) is 0 Å². The second kappa shape index (κ2) is 4.77. The second-order valence-electron chi connectivity index (χ2n) is 5.33. The number of rotatable bonds is 2. The molecule has 1 N–H and O–H groups in total. The van der Waals surface area contributed by atoms with Crippen LogP contribution in [0.25, 0.3) is 0 Å². The number of hydrogen-bond acceptors (Lipinski definition) is 2. The van der Waals surface area contributed by atoms with Crippen LogP contribution in [0.2, 0.25) is 0 Å². The van der Waals surface area contributed by atoms with Crippen molar-refractivity contribution in [1.82, 2.24) is 0 Å². The van der Waals surface area contributed by atoms with Crippen LogP contribution in [-0.2, 0) is 12.8 Å². The molecule has 1 aromatic heterocycles. The van der Waals surface area contributed by atoms with Gasteiger partial charge in [0.1, 0.15) is 0 Å². The molecular weight excluding hydrogens is 238 g/mol. The maximum atomic E-state index is 3.60. The molecule has 2 aromatic rings. The fourth-order valence-electron chi connectivity index (χ4n) is 2.70. The lowest BCUT2D eigenvalue weighted by atomic mass is 9.89. The summed E-state index contributed by atoms with van der Waals surface area (Å²) in [7, 11) is 0. The highest BCUT2D eigenvalue weighted by molar-refractivity contribution is 7.09. The van der Waals surface area contributed by atoms with Gasteiger partial charge in [0.15, 0.2) is 0 Å². The molecule has 1 atom stereocenters. The van der Waals surface area contributed by atoms with Crippen LogP contribution in [0.3, 0.4) is 0 Å². The Kier molecular flexibility index (Phi) is 3.13. The van der Waals surface area contributed by atoms with Crippen molar-refractivity contribution in [2.24, 2.45) is 5.92 Å². The van der Waals surface area contributed by atoms with E-state index in [0.29, 0.717) is 0 Å². The molecule has 94 valence electrons. The minimum absolute atomic E-state index is 0.734. The van der Waals surface area contributed by atoms with Gasteiger partial charge in [-0.3, -0.25) is 0 Å². The lowest BCUT2D eigenvalue weighted by Gasteiger charge is -2.27. The van der Waals surface area contributed by atoms with Crippen molar-refractivity contribution >= 4 is 17.0 Å². The monoisotopic (exact) mass is 257 g/mol. The van der Waals surface area contributed by atoms with Crippen molar-refractivity contribution in [3.05, 3.63) is 51.2 Å². The van der Waals surface area contributed by atoms with Crippen LogP contribution in [0.5, 0.6) is 0 Å². The summed E-state index contributed by atoms with van der Waals surface area (Å²) in [6, 6.07) is 9.06. The van der Waals surface area contributed by atoms with Gasteiger partial charge in [-0.05, 0) is 66.8 Å². The summed E-state index contributed by atoms with van der Waals surface area (Å²) in [6.45, 7) is 5.50. The Hall–Kier alpha value is -1.28. The van der Waals surface area contributed by atoms with Crippen LogP contribution in [0.15, 0.2) is 29.6 Å². The number of anilines is 1. The minimum atomic E-state index is 0.734. The van der Waals surface area contributed by atoms with E-state index in [0.717, 1.165) is 12.5 Å². The minimum Gasteiger partial charge on any atom is -0.385 e. The molecule has 18 heavy (non-hydrogen) atoms. The number of aryl methyl sites for hydroxylation is 2. The summed E-state index contributed by atoms with van der Waals surface area (Å²) in [4.78, 5) is 1.51. The van der Waals surface area contributed by atoms with Crippen molar-refractivity contribution in [2.75, 3.05) is 11.9 Å². The first-order chi connectivity index (χ1) is 8.72. The Morgan fingerprint density at radius 3 is 2.89 bits per heavy atom. The first-order valence-electron chi connectivity index (χ1n) is 6.59. The molecule has 3 rings (SSSR count). The molecule has 0 bridgehead atoms. The van der Waals surface area contributed by atoms with Gasteiger partial charge in [0.2, 0.25) is 0 Å². The van der Waals surface area contributed by atoms with Crippen LogP contribution < -0.4 is 5.32 Å². The normalized spacial score (nSPS) is 18.2. The summed E-state index contributed by atoms with van der Waals surface area (Å²) in [5, 5.41) is 5.77. The van der Waals surface area contributed by atoms with Crippen LogP contribution in [-0.4, -0.2) is 6.54 Å². The average Bonchev–Trinajstić information content (AvgIpc) is 2.84. The molecule has 0 radical (unpaired) electrons. The molecule has 0 amide bonds. The summed E-state index contributed by atoms with van der Waals surface area (Å²) in [5.41, 5.74) is 5.64. The molecular formula is C16H19NS. The van der Waals surface area contributed by atoms with E-state index in [1.54, 1.807) is 0 Å². The predicted octanol–water partition coefficient (Wildman–Crippen LogP) is 4.19. The lowest BCUT2D eigenvalue weighted by Crippen LogP contribution is -2.24. The SMILES string of the molecule is Cc1cc2c(cc1C)NCC(Cc1cccs1)C2. The third kappa shape index (κ3) is 2.30. The maximum absolute atomic E-state index is 3.60. The Balaban J connectivity index is 1.78. The van der Waals surface area contributed by atoms with Gasteiger partial charge >= 0.3 is 0 Å². The summed E-state index contributed by atoms with van der Waals surface area (Å²) >= 11 is 1.88. The first kappa shape index (κ1) is 11.8. The van der Waals surface area contributed by atoms with Gasteiger partial charge in [0.25, 0.3) is 0 Å². The molecule has 1 unspecified atom stereocenters. The Morgan fingerprint density at radius 1 is 1.28 bits per heavy atom. The molecule has 1 aliphatic heterocycles. The molecule has 0 fully saturated rings. The molecule has 1 aromatic carbocycles. The number of nitrogens with one attached hydrogen (secondary N) is 1. The lowest BCUT2D eigenvalue weighted by molar-refractivity contribution is 0.539. The van der Waals surface area contributed by atoms with E-state index in [4.69, 9.17) is 0 Å². The third-order valence-corrected chi connectivity index (χ3v) is 4.78. The molecule has 1 aliphatic rings. The maximum Gasteiger partial charge on any atom is 0.0375 e. The first-order valence-corrected chi connectivity index (χ1v) is 7.46. The smallest absolute Gasteiger partial charge is 0.0375 e. The zero-order valence-corrected chi connectivity index (χ0v) is 11.8. The van der Waals surface area contributed by atoms with Crippen molar-refractivity contribution < 1.29 is 0 Å². The van der Waals surface area contributed by atoms with E-state index in [1.807, 2.05) is 11.3 Å². The fraction of sp³-hybridized carbons (Fsp3) is 0.375.